The number of rotatable bonds is 5. The number of hydrogen-bond acceptors (Lipinski definition) is 6. The Morgan fingerprint density at radius 3 is 2.95 bits per heavy atom. The lowest BCUT2D eigenvalue weighted by Crippen LogP contribution is -2.41. The van der Waals surface area contributed by atoms with Crippen LogP contribution >= 0.6 is 11.3 Å². The summed E-state index contributed by atoms with van der Waals surface area (Å²) in [6.45, 7) is 2.42. The van der Waals surface area contributed by atoms with Crippen molar-refractivity contribution in [2.45, 2.75) is 36.8 Å². The lowest BCUT2D eigenvalue weighted by molar-refractivity contribution is 0.0602. The Hall–Kier alpha value is -0.960. The van der Waals surface area contributed by atoms with Crippen molar-refractivity contribution in [1.29, 1.82) is 0 Å². The molecule has 1 aromatic heterocycles. The fourth-order valence-electron chi connectivity index (χ4n) is 2.13. The molecular formula is C12H17NO5S2. The molecule has 2 atom stereocenters. The number of carbonyl (C=O) groups excluding carboxylic acids is 1. The van der Waals surface area contributed by atoms with Crippen LogP contribution in [0.5, 0.6) is 0 Å². The Labute approximate surface area is 122 Å². The number of esters is 1. The van der Waals surface area contributed by atoms with Gasteiger partial charge in [0.1, 0.15) is 9.77 Å². The van der Waals surface area contributed by atoms with Gasteiger partial charge in [-0.1, -0.05) is 0 Å². The van der Waals surface area contributed by atoms with E-state index in [1.165, 1.54) is 13.2 Å². The number of hydrogen-bond donors (Lipinski definition) is 1. The van der Waals surface area contributed by atoms with Crippen LogP contribution in [-0.4, -0.2) is 40.2 Å². The first-order chi connectivity index (χ1) is 9.45. The molecule has 1 N–H and O–H groups in total. The van der Waals surface area contributed by atoms with Gasteiger partial charge >= 0.3 is 5.97 Å². The third-order valence-corrected chi connectivity index (χ3v) is 5.78. The van der Waals surface area contributed by atoms with Crippen molar-refractivity contribution in [2.24, 2.45) is 0 Å². The lowest BCUT2D eigenvalue weighted by atomic mass is 10.1. The highest BCUT2D eigenvalue weighted by atomic mass is 32.2. The van der Waals surface area contributed by atoms with Crippen molar-refractivity contribution in [3.63, 3.8) is 0 Å². The summed E-state index contributed by atoms with van der Waals surface area (Å²) in [5, 5.41) is 1.55. The quantitative estimate of drug-likeness (QED) is 0.829. The Balaban J connectivity index is 2.18. The van der Waals surface area contributed by atoms with Crippen molar-refractivity contribution in [3.05, 3.63) is 16.3 Å². The van der Waals surface area contributed by atoms with Crippen molar-refractivity contribution in [1.82, 2.24) is 4.72 Å². The maximum atomic E-state index is 12.3. The Morgan fingerprint density at radius 2 is 2.35 bits per heavy atom. The average Bonchev–Trinajstić information content (AvgIpc) is 3.08. The van der Waals surface area contributed by atoms with E-state index in [9.17, 15) is 13.2 Å². The minimum Gasteiger partial charge on any atom is -0.465 e. The largest absolute Gasteiger partial charge is 0.465 e. The van der Waals surface area contributed by atoms with E-state index in [1.807, 2.05) is 0 Å². The number of sulfonamides is 1. The molecule has 1 aliphatic heterocycles. The molecule has 1 fully saturated rings. The molecule has 20 heavy (non-hydrogen) atoms. The number of nitrogens with one attached hydrogen (secondary N) is 1. The van der Waals surface area contributed by atoms with Gasteiger partial charge in [0.15, 0.2) is 0 Å². The van der Waals surface area contributed by atoms with Crippen molar-refractivity contribution < 1.29 is 22.7 Å². The fraction of sp³-hybridized carbons (Fsp3) is 0.583. The van der Waals surface area contributed by atoms with Gasteiger partial charge in [-0.3, -0.25) is 0 Å². The fourth-order valence-corrected chi connectivity index (χ4v) is 4.74. The lowest BCUT2D eigenvalue weighted by Gasteiger charge is -2.19. The summed E-state index contributed by atoms with van der Waals surface area (Å²) < 4.78 is 37.3. The van der Waals surface area contributed by atoms with Gasteiger partial charge in [-0.15, -0.1) is 11.3 Å². The molecule has 1 aromatic rings. The van der Waals surface area contributed by atoms with Gasteiger partial charge < -0.3 is 9.47 Å². The minimum atomic E-state index is -3.76. The molecule has 0 spiro atoms. The van der Waals surface area contributed by atoms with E-state index in [2.05, 4.69) is 9.46 Å². The van der Waals surface area contributed by atoms with Crippen LogP contribution in [0, 0.1) is 0 Å². The van der Waals surface area contributed by atoms with Gasteiger partial charge in [-0.2, -0.15) is 0 Å². The molecule has 0 aromatic carbocycles. The molecule has 112 valence electrons. The van der Waals surface area contributed by atoms with Gasteiger partial charge in [0.05, 0.1) is 13.2 Å². The van der Waals surface area contributed by atoms with Crippen LogP contribution in [0.4, 0.5) is 0 Å². The maximum Gasteiger partial charge on any atom is 0.349 e. The minimum absolute atomic E-state index is 0.0424. The number of carbonyl (C=O) groups is 1. The van der Waals surface area contributed by atoms with Gasteiger partial charge in [-0.25, -0.2) is 17.9 Å². The van der Waals surface area contributed by atoms with Crippen LogP contribution in [0.2, 0.25) is 0 Å². The van der Waals surface area contributed by atoms with E-state index in [4.69, 9.17) is 4.74 Å². The zero-order valence-corrected chi connectivity index (χ0v) is 12.9. The molecule has 0 amide bonds. The molecule has 6 nitrogen and oxygen atoms in total. The molecule has 0 aliphatic carbocycles. The van der Waals surface area contributed by atoms with Crippen molar-refractivity contribution in [3.8, 4) is 0 Å². The molecule has 0 unspecified atom stereocenters. The summed E-state index contributed by atoms with van der Waals surface area (Å²) in [5.41, 5.74) is 0. The summed E-state index contributed by atoms with van der Waals surface area (Å²) in [6.07, 6.45) is 1.64. The molecular weight excluding hydrogens is 302 g/mol. The van der Waals surface area contributed by atoms with Crippen LogP contribution in [0.15, 0.2) is 16.3 Å². The Kier molecular flexibility index (Phi) is 4.79. The average molecular weight is 319 g/mol. The zero-order valence-electron chi connectivity index (χ0n) is 11.3. The van der Waals surface area contributed by atoms with Crippen LogP contribution in [0.25, 0.3) is 0 Å². The number of ether oxygens (including phenoxy) is 2. The number of methoxy groups -OCH3 is 1. The monoisotopic (exact) mass is 319 g/mol. The van der Waals surface area contributed by atoms with Gasteiger partial charge in [0.25, 0.3) is 0 Å². The van der Waals surface area contributed by atoms with Gasteiger partial charge in [-0.05, 0) is 31.2 Å². The summed E-state index contributed by atoms with van der Waals surface area (Å²) >= 11 is 1.04. The maximum absolute atomic E-state index is 12.3. The molecule has 0 bridgehead atoms. The second-order valence-corrected chi connectivity index (χ2v) is 7.17. The Morgan fingerprint density at radius 1 is 1.60 bits per heavy atom. The van der Waals surface area contributed by atoms with Gasteiger partial charge in [0, 0.05) is 12.6 Å². The number of thiophene rings is 1. The summed E-state index contributed by atoms with van der Waals surface area (Å²) in [7, 11) is -2.54. The second kappa shape index (κ2) is 6.21. The molecule has 1 aliphatic rings. The predicted octanol–water partition coefficient (Wildman–Crippen LogP) is 1.38. The van der Waals surface area contributed by atoms with E-state index in [1.54, 1.807) is 12.3 Å². The summed E-state index contributed by atoms with van der Waals surface area (Å²) in [6, 6.07) is 1.06. The highest BCUT2D eigenvalue weighted by Gasteiger charge is 2.30. The van der Waals surface area contributed by atoms with E-state index in [0.717, 1.165) is 24.2 Å². The SMILES string of the molecule is COC(=O)c1sccc1S(=O)(=O)N[C@H](C)[C@@H]1CCCO1. The summed E-state index contributed by atoms with van der Waals surface area (Å²) in [4.78, 5) is 11.6. The van der Waals surface area contributed by atoms with Crippen molar-refractivity contribution in [2.75, 3.05) is 13.7 Å². The van der Waals surface area contributed by atoms with E-state index >= 15 is 0 Å². The molecule has 1 saturated heterocycles. The molecule has 0 radical (unpaired) electrons. The molecule has 2 heterocycles. The first-order valence-corrected chi connectivity index (χ1v) is 8.61. The van der Waals surface area contributed by atoms with Crippen LogP contribution in [0.3, 0.4) is 0 Å². The van der Waals surface area contributed by atoms with Crippen molar-refractivity contribution >= 4 is 27.3 Å². The Bertz CT molecular complexity index is 574. The first-order valence-electron chi connectivity index (χ1n) is 6.25. The third kappa shape index (κ3) is 3.20. The standard InChI is InChI=1S/C12H17NO5S2/c1-8(9-4-3-6-18-9)13-20(15,16)10-5-7-19-11(10)12(14)17-2/h5,7-9,13H,3-4,6H2,1-2H3/t8-,9+/m1/s1. The van der Waals surface area contributed by atoms with Crippen LogP contribution < -0.4 is 4.72 Å². The topological polar surface area (TPSA) is 81.7 Å². The van der Waals surface area contributed by atoms with E-state index < -0.39 is 16.0 Å². The molecule has 2 rings (SSSR count). The molecule has 8 heteroatoms. The highest BCUT2D eigenvalue weighted by molar-refractivity contribution is 7.89. The highest BCUT2D eigenvalue weighted by Crippen LogP contribution is 2.24. The predicted molar refractivity (Wildman–Crippen MR) is 74.4 cm³/mol. The smallest absolute Gasteiger partial charge is 0.349 e. The van der Waals surface area contributed by atoms with Crippen LogP contribution in [-0.2, 0) is 19.5 Å². The summed E-state index contributed by atoms with van der Waals surface area (Å²) in [5.74, 6) is -0.648. The molecule has 0 saturated carbocycles. The van der Waals surface area contributed by atoms with E-state index in [0.29, 0.717) is 6.61 Å². The van der Waals surface area contributed by atoms with Crippen LogP contribution in [0.1, 0.15) is 29.4 Å². The first kappa shape index (κ1) is 15.4. The van der Waals surface area contributed by atoms with E-state index in [-0.39, 0.29) is 21.9 Å². The normalized spacial score (nSPS) is 20.8. The zero-order chi connectivity index (χ0) is 14.8. The second-order valence-electron chi connectivity index (χ2n) is 4.57. The van der Waals surface area contributed by atoms with Gasteiger partial charge in [0.2, 0.25) is 10.0 Å². The third-order valence-electron chi connectivity index (χ3n) is 3.15.